The Labute approximate surface area is 133 Å². The van der Waals surface area contributed by atoms with E-state index in [0.29, 0.717) is 18.0 Å². The molecule has 0 bridgehead atoms. The van der Waals surface area contributed by atoms with Gasteiger partial charge in [0.2, 0.25) is 6.10 Å². The Morgan fingerprint density at radius 2 is 2.09 bits per heavy atom. The summed E-state index contributed by atoms with van der Waals surface area (Å²) in [6, 6.07) is 7.08. The molecule has 124 valence electrons. The zero-order valence-corrected chi connectivity index (χ0v) is 12.7. The molecule has 1 amide bonds. The van der Waals surface area contributed by atoms with Gasteiger partial charge in [0.25, 0.3) is 5.91 Å². The molecular formula is C16H19NO6. The summed E-state index contributed by atoms with van der Waals surface area (Å²) in [5.41, 5.74) is 0. The highest BCUT2D eigenvalue weighted by Gasteiger charge is 2.29. The van der Waals surface area contributed by atoms with Crippen molar-refractivity contribution in [2.45, 2.75) is 25.0 Å². The first-order chi connectivity index (χ1) is 11.2. The van der Waals surface area contributed by atoms with Crippen molar-refractivity contribution < 1.29 is 28.5 Å². The van der Waals surface area contributed by atoms with Crippen molar-refractivity contribution in [2.75, 3.05) is 26.4 Å². The Kier molecular flexibility index (Phi) is 4.97. The fourth-order valence-electron chi connectivity index (χ4n) is 2.45. The van der Waals surface area contributed by atoms with Crippen LogP contribution in [0.1, 0.15) is 12.8 Å². The molecule has 1 saturated heterocycles. The van der Waals surface area contributed by atoms with Crippen LogP contribution in [0.15, 0.2) is 24.3 Å². The van der Waals surface area contributed by atoms with Crippen LogP contribution < -0.4 is 14.8 Å². The van der Waals surface area contributed by atoms with E-state index < -0.39 is 12.1 Å². The Morgan fingerprint density at radius 3 is 2.87 bits per heavy atom. The first-order valence-corrected chi connectivity index (χ1v) is 7.66. The third-order valence-corrected chi connectivity index (χ3v) is 3.67. The number of hydrogen-bond donors (Lipinski definition) is 1. The molecule has 1 fully saturated rings. The molecule has 23 heavy (non-hydrogen) atoms. The van der Waals surface area contributed by atoms with E-state index in [2.05, 4.69) is 5.32 Å². The van der Waals surface area contributed by atoms with Crippen LogP contribution in [0.4, 0.5) is 0 Å². The maximum atomic E-state index is 11.9. The molecule has 0 saturated carbocycles. The van der Waals surface area contributed by atoms with Crippen molar-refractivity contribution in [3.63, 3.8) is 0 Å². The smallest absolute Gasteiger partial charge is 0.351 e. The van der Waals surface area contributed by atoms with Crippen LogP contribution in [-0.2, 0) is 19.1 Å². The summed E-state index contributed by atoms with van der Waals surface area (Å²) in [5.74, 6) is 0.104. The van der Waals surface area contributed by atoms with Crippen molar-refractivity contribution in [2.24, 2.45) is 0 Å². The molecular weight excluding hydrogens is 302 g/mol. The van der Waals surface area contributed by atoms with Gasteiger partial charge >= 0.3 is 5.97 Å². The van der Waals surface area contributed by atoms with Crippen LogP contribution in [0.5, 0.6) is 11.5 Å². The number of fused-ring (bicyclic) bond motifs is 1. The van der Waals surface area contributed by atoms with Gasteiger partial charge in [-0.25, -0.2) is 4.79 Å². The second-order valence-electron chi connectivity index (χ2n) is 5.41. The van der Waals surface area contributed by atoms with Crippen LogP contribution in [0, 0.1) is 0 Å². The topological polar surface area (TPSA) is 83.1 Å². The highest BCUT2D eigenvalue weighted by Crippen LogP contribution is 2.31. The highest BCUT2D eigenvalue weighted by molar-refractivity contribution is 5.82. The first kappa shape index (κ1) is 15.6. The lowest BCUT2D eigenvalue weighted by Crippen LogP contribution is -2.40. The summed E-state index contributed by atoms with van der Waals surface area (Å²) in [4.78, 5) is 23.6. The summed E-state index contributed by atoms with van der Waals surface area (Å²) in [6.07, 6.45) is 1.14. The summed E-state index contributed by atoms with van der Waals surface area (Å²) in [6.45, 7) is 0.892. The van der Waals surface area contributed by atoms with Gasteiger partial charge < -0.3 is 24.3 Å². The predicted octanol–water partition coefficient (Wildman–Crippen LogP) is 0.665. The molecule has 0 spiro atoms. The van der Waals surface area contributed by atoms with Gasteiger partial charge in [0.1, 0.15) is 6.61 Å². The van der Waals surface area contributed by atoms with Crippen LogP contribution in [-0.4, -0.2) is 50.4 Å². The minimum absolute atomic E-state index is 0.0567. The van der Waals surface area contributed by atoms with Gasteiger partial charge in [0, 0.05) is 13.2 Å². The second kappa shape index (κ2) is 7.32. The lowest BCUT2D eigenvalue weighted by molar-refractivity contribution is -0.157. The van der Waals surface area contributed by atoms with Gasteiger partial charge in [-0.1, -0.05) is 12.1 Å². The number of para-hydroxylation sites is 2. The number of esters is 1. The average molecular weight is 321 g/mol. The lowest BCUT2D eigenvalue weighted by atomic mass is 10.2. The van der Waals surface area contributed by atoms with E-state index in [1.165, 1.54) is 0 Å². The average Bonchev–Trinajstić information content (AvgIpc) is 3.11. The Hall–Kier alpha value is -2.28. The van der Waals surface area contributed by atoms with E-state index in [-0.39, 0.29) is 25.2 Å². The van der Waals surface area contributed by atoms with Crippen LogP contribution in [0.25, 0.3) is 0 Å². The maximum Gasteiger partial charge on any atom is 0.351 e. The number of hydrogen-bond acceptors (Lipinski definition) is 6. The molecule has 2 heterocycles. The first-order valence-electron chi connectivity index (χ1n) is 7.66. The van der Waals surface area contributed by atoms with Crippen LogP contribution >= 0.6 is 0 Å². The van der Waals surface area contributed by atoms with Crippen molar-refractivity contribution in [3.8, 4) is 11.5 Å². The van der Waals surface area contributed by atoms with Gasteiger partial charge in [-0.3, -0.25) is 4.79 Å². The Balaban J connectivity index is 1.40. The molecule has 7 heteroatoms. The lowest BCUT2D eigenvalue weighted by Gasteiger charge is -2.24. The van der Waals surface area contributed by atoms with Crippen molar-refractivity contribution in [1.82, 2.24) is 5.32 Å². The Bertz CT molecular complexity index is 569. The largest absolute Gasteiger partial charge is 0.485 e. The summed E-state index contributed by atoms with van der Waals surface area (Å²) in [5, 5.41) is 2.69. The van der Waals surface area contributed by atoms with E-state index in [9.17, 15) is 9.59 Å². The molecule has 0 radical (unpaired) electrons. The second-order valence-corrected chi connectivity index (χ2v) is 5.41. The van der Waals surface area contributed by atoms with Crippen molar-refractivity contribution in [1.29, 1.82) is 0 Å². The quantitative estimate of drug-likeness (QED) is 0.803. The van der Waals surface area contributed by atoms with Gasteiger partial charge in [-0.15, -0.1) is 0 Å². The van der Waals surface area contributed by atoms with Gasteiger partial charge in [-0.2, -0.15) is 0 Å². The normalized spacial score (nSPS) is 22.4. The van der Waals surface area contributed by atoms with Gasteiger partial charge in [0.15, 0.2) is 18.1 Å². The fourth-order valence-corrected chi connectivity index (χ4v) is 2.45. The number of rotatable bonds is 5. The molecule has 1 N–H and O–H groups in total. The van der Waals surface area contributed by atoms with E-state index in [0.717, 1.165) is 19.4 Å². The highest BCUT2D eigenvalue weighted by atomic mass is 16.6. The molecule has 0 aliphatic carbocycles. The number of amides is 1. The standard InChI is InChI=1S/C16H19NO6/c18-15(17-8-11-4-3-7-20-11)10-22-16(19)14-9-21-12-5-1-2-6-13(12)23-14/h1-2,5-6,11,14H,3-4,7-10H2,(H,17,18)/t11-,14+/m1/s1. The third kappa shape index (κ3) is 4.13. The zero-order valence-electron chi connectivity index (χ0n) is 12.7. The molecule has 0 unspecified atom stereocenters. The number of nitrogens with one attached hydrogen (secondary N) is 1. The van der Waals surface area contributed by atoms with E-state index in [1.54, 1.807) is 18.2 Å². The predicted molar refractivity (Wildman–Crippen MR) is 79.3 cm³/mol. The minimum atomic E-state index is -0.865. The maximum absolute atomic E-state index is 11.9. The Morgan fingerprint density at radius 1 is 1.26 bits per heavy atom. The van der Waals surface area contributed by atoms with Crippen molar-refractivity contribution >= 4 is 11.9 Å². The van der Waals surface area contributed by atoms with Crippen molar-refractivity contribution in [3.05, 3.63) is 24.3 Å². The molecule has 1 aromatic carbocycles. The number of carbonyl (C=O) groups excluding carboxylic acids is 2. The molecule has 0 aromatic heterocycles. The monoisotopic (exact) mass is 321 g/mol. The van der Waals surface area contributed by atoms with Gasteiger partial charge in [-0.05, 0) is 25.0 Å². The van der Waals surface area contributed by atoms with E-state index in [1.807, 2.05) is 6.07 Å². The number of benzene rings is 1. The molecule has 2 atom stereocenters. The molecule has 2 aliphatic heterocycles. The number of ether oxygens (including phenoxy) is 4. The van der Waals surface area contributed by atoms with Crippen LogP contribution in [0.2, 0.25) is 0 Å². The van der Waals surface area contributed by atoms with Crippen LogP contribution in [0.3, 0.4) is 0 Å². The van der Waals surface area contributed by atoms with E-state index in [4.69, 9.17) is 18.9 Å². The zero-order chi connectivity index (χ0) is 16.1. The van der Waals surface area contributed by atoms with E-state index >= 15 is 0 Å². The summed E-state index contributed by atoms with van der Waals surface area (Å²) in [7, 11) is 0. The molecule has 2 aliphatic rings. The fraction of sp³-hybridized carbons (Fsp3) is 0.500. The molecule has 1 aromatic rings. The molecule has 3 rings (SSSR count). The summed E-state index contributed by atoms with van der Waals surface area (Å²) >= 11 is 0. The third-order valence-electron chi connectivity index (χ3n) is 3.67. The number of carbonyl (C=O) groups is 2. The summed E-state index contributed by atoms with van der Waals surface area (Å²) < 4.78 is 21.3. The minimum Gasteiger partial charge on any atom is -0.485 e. The SMILES string of the molecule is O=C(COC(=O)[C@@H]1COc2ccccc2O1)NC[C@H]1CCCO1. The van der Waals surface area contributed by atoms with Gasteiger partial charge in [0.05, 0.1) is 6.10 Å². The molecule has 7 nitrogen and oxygen atoms in total.